The van der Waals surface area contributed by atoms with Crippen LogP contribution < -0.4 is 20.7 Å². The summed E-state index contributed by atoms with van der Waals surface area (Å²) in [5.74, 6) is -0.925. The smallest absolute Gasteiger partial charge is 0.319 e. The molecule has 1 fully saturated rings. The Morgan fingerprint density at radius 1 is 1.33 bits per heavy atom. The van der Waals surface area contributed by atoms with Crippen molar-refractivity contribution < 1.29 is 19.2 Å². The maximum absolute atomic E-state index is 13.1. The molecule has 3 rings (SSSR count). The molecule has 0 spiro atoms. The number of nitro groups is 1. The highest BCUT2D eigenvalue weighted by Gasteiger charge is 2.38. The minimum Gasteiger partial charge on any atom is -0.492 e. The van der Waals surface area contributed by atoms with Crippen molar-refractivity contribution in [3.63, 3.8) is 0 Å². The highest BCUT2D eigenvalue weighted by Crippen LogP contribution is 2.35. The molecule has 1 heterocycles. The van der Waals surface area contributed by atoms with Crippen molar-refractivity contribution >= 4 is 34.9 Å². The standard InChI is InChI=1S/C20H19ClN4O5/c1-3-30-16-7-5-4-6-14(16)23-19(26)17-11(2)22-20(27)24-18(17)12-8-9-13(21)15(10-12)25(28)29/h4-10,17-18H,2-3H2,1H3,(H,23,26)(H2,22,24,27)/t17-,18+/m0/s1. The predicted molar refractivity (Wildman–Crippen MR) is 111 cm³/mol. The van der Waals surface area contributed by atoms with Gasteiger partial charge in [0.2, 0.25) is 5.91 Å². The number of nitro benzene ring substituents is 1. The zero-order chi connectivity index (χ0) is 21.8. The quantitative estimate of drug-likeness (QED) is 0.475. The SMILES string of the molecule is C=C1NC(=O)N[C@H](c2ccc(Cl)c([N+](=O)[O-])c2)[C@H]1C(=O)Nc1ccccc1OCC. The molecule has 0 saturated carbocycles. The Bertz CT molecular complexity index is 1030. The first kappa shape index (κ1) is 21.1. The van der Waals surface area contributed by atoms with Crippen LogP contribution in [0.4, 0.5) is 16.2 Å². The van der Waals surface area contributed by atoms with Gasteiger partial charge in [0.15, 0.2) is 0 Å². The van der Waals surface area contributed by atoms with Crippen LogP contribution in [0.1, 0.15) is 18.5 Å². The van der Waals surface area contributed by atoms with E-state index in [1.165, 1.54) is 18.2 Å². The first-order valence-electron chi connectivity index (χ1n) is 9.04. The lowest BCUT2D eigenvalue weighted by Crippen LogP contribution is -2.51. The first-order valence-corrected chi connectivity index (χ1v) is 9.42. The summed E-state index contributed by atoms with van der Waals surface area (Å²) >= 11 is 5.89. The number of benzene rings is 2. The number of carbonyl (C=O) groups excluding carboxylic acids is 2. The van der Waals surface area contributed by atoms with Gasteiger partial charge in [-0.25, -0.2) is 4.79 Å². The van der Waals surface area contributed by atoms with Crippen molar-refractivity contribution in [2.75, 3.05) is 11.9 Å². The summed E-state index contributed by atoms with van der Waals surface area (Å²) in [4.78, 5) is 35.8. The molecule has 2 aromatic carbocycles. The maximum Gasteiger partial charge on any atom is 0.319 e. The van der Waals surface area contributed by atoms with E-state index in [2.05, 4.69) is 22.5 Å². The van der Waals surface area contributed by atoms with E-state index in [1.807, 2.05) is 6.92 Å². The lowest BCUT2D eigenvalue weighted by Gasteiger charge is -2.34. The Labute approximate surface area is 177 Å². The van der Waals surface area contributed by atoms with E-state index in [9.17, 15) is 19.7 Å². The highest BCUT2D eigenvalue weighted by molar-refractivity contribution is 6.32. The highest BCUT2D eigenvalue weighted by atomic mass is 35.5. The Kier molecular flexibility index (Phi) is 6.22. The van der Waals surface area contributed by atoms with Crippen LogP contribution in [-0.4, -0.2) is 23.5 Å². The molecule has 1 aliphatic heterocycles. The molecule has 30 heavy (non-hydrogen) atoms. The van der Waals surface area contributed by atoms with Crippen LogP contribution in [0, 0.1) is 16.0 Å². The van der Waals surface area contributed by atoms with Crippen LogP contribution in [0.5, 0.6) is 5.75 Å². The van der Waals surface area contributed by atoms with Crippen molar-refractivity contribution in [1.82, 2.24) is 10.6 Å². The van der Waals surface area contributed by atoms with E-state index < -0.39 is 28.8 Å². The van der Waals surface area contributed by atoms with Crippen LogP contribution in [0.3, 0.4) is 0 Å². The average Bonchev–Trinajstić information content (AvgIpc) is 2.69. The number of rotatable bonds is 6. The van der Waals surface area contributed by atoms with E-state index in [4.69, 9.17) is 16.3 Å². The van der Waals surface area contributed by atoms with Crippen molar-refractivity contribution in [1.29, 1.82) is 0 Å². The fourth-order valence-corrected chi connectivity index (χ4v) is 3.38. The van der Waals surface area contributed by atoms with Gasteiger partial charge in [0.25, 0.3) is 5.69 Å². The van der Waals surface area contributed by atoms with Crippen LogP contribution in [0.25, 0.3) is 0 Å². The zero-order valence-corrected chi connectivity index (χ0v) is 16.7. The van der Waals surface area contributed by atoms with Crippen molar-refractivity contribution in [2.45, 2.75) is 13.0 Å². The Balaban J connectivity index is 1.96. The van der Waals surface area contributed by atoms with Crippen molar-refractivity contribution in [3.8, 4) is 5.75 Å². The van der Waals surface area contributed by atoms with Gasteiger partial charge in [0.05, 0.1) is 23.3 Å². The van der Waals surface area contributed by atoms with Gasteiger partial charge >= 0.3 is 6.03 Å². The Hall–Kier alpha value is -3.59. The maximum atomic E-state index is 13.1. The molecule has 0 bridgehead atoms. The molecule has 2 aromatic rings. The second kappa shape index (κ2) is 8.83. The summed E-state index contributed by atoms with van der Waals surface area (Å²) in [6.07, 6.45) is 0. The summed E-state index contributed by atoms with van der Waals surface area (Å²) in [7, 11) is 0. The zero-order valence-electron chi connectivity index (χ0n) is 16.0. The molecule has 0 radical (unpaired) electrons. The van der Waals surface area contributed by atoms with Gasteiger partial charge in [-0.3, -0.25) is 14.9 Å². The summed E-state index contributed by atoms with van der Waals surface area (Å²) in [6, 6.07) is 9.57. The molecule has 0 aliphatic carbocycles. The lowest BCUT2D eigenvalue weighted by molar-refractivity contribution is -0.384. The minimum atomic E-state index is -0.946. The number of hydrogen-bond donors (Lipinski definition) is 3. The fourth-order valence-electron chi connectivity index (χ4n) is 3.20. The summed E-state index contributed by atoms with van der Waals surface area (Å²) in [6.45, 7) is 6.03. The van der Waals surface area contributed by atoms with Crippen LogP contribution >= 0.6 is 11.6 Å². The molecular formula is C20H19ClN4O5. The van der Waals surface area contributed by atoms with Crippen LogP contribution in [0.15, 0.2) is 54.7 Å². The largest absolute Gasteiger partial charge is 0.492 e. The monoisotopic (exact) mass is 430 g/mol. The second-order valence-corrected chi connectivity index (χ2v) is 6.87. The third kappa shape index (κ3) is 4.36. The van der Waals surface area contributed by atoms with E-state index in [0.717, 1.165) is 0 Å². The van der Waals surface area contributed by atoms with E-state index in [1.54, 1.807) is 24.3 Å². The third-order valence-electron chi connectivity index (χ3n) is 4.52. The van der Waals surface area contributed by atoms with Crippen molar-refractivity contribution in [2.24, 2.45) is 5.92 Å². The van der Waals surface area contributed by atoms with E-state index >= 15 is 0 Å². The van der Waals surface area contributed by atoms with Gasteiger partial charge < -0.3 is 20.7 Å². The van der Waals surface area contributed by atoms with Crippen molar-refractivity contribution in [3.05, 3.63) is 75.4 Å². The normalized spacial score (nSPS) is 18.2. The van der Waals surface area contributed by atoms with Gasteiger partial charge in [-0.15, -0.1) is 0 Å². The molecule has 10 heteroatoms. The number of urea groups is 1. The number of amides is 3. The molecule has 2 atom stereocenters. The van der Waals surface area contributed by atoms with Crippen LogP contribution in [-0.2, 0) is 4.79 Å². The van der Waals surface area contributed by atoms with E-state index in [0.29, 0.717) is 23.6 Å². The molecule has 1 aliphatic rings. The lowest BCUT2D eigenvalue weighted by atomic mass is 9.88. The molecule has 0 unspecified atom stereocenters. The number of para-hydroxylation sites is 2. The van der Waals surface area contributed by atoms with Gasteiger partial charge in [-0.05, 0) is 30.7 Å². The number of hydrogen-bond acceptors (Lipinski definition) is 5. The summed E-state index contributed by atoms with van der Waals surface area (Å²) < 4.78 is 5.52. The second-order valence-electron chi connectivity index (χ2n) is 6.47. The minimum absolute atomic E-state index is 0.0468. The molecule has 0 aromatic heterocycles. The molecule has 3 amide bonds. The molecular weight excluding hydrogens is 412 g/mol. The first-order chi connectivity index (χ1) is 14.3. The third-order valence-corrected chi connectivity index (χ3v) is 4.84. The molecule has 156 valence electrons. The predicted octanol–water partition coefficient (Wildman–Crippen LogP) is 3.77. The number of ether oxygens (including phenoxy) is 1. The van der Waals surface area contributed by atoms with Gasteiger partial charge in [0.1, 0.15) is 16.7 Å². The Morgan fingerprint density at radius 2 is 2.07 bits per heavy atom. The number of carbonyl (C=O) groups is 2. The topological polar surface area (TPSA) is 123 Å². The summed E-state index contributed by atoms with van der Waals surface area (Å²) in [5, 5.41) is 19.1. The van der Waals surface area contributed by atoms with Gasteiger partial charge in [-0.2, -0.15) is 0 Å². The number of anilines is 1. The average molecular weight is 431 g/mol. The summed E-state index contributed by atoms with van der Waals surface area (Å²) in [5.41, 5.74) is 0.636. The van der Waals surface area contributed by atoms with Gasteiger partial charge in [-0.1, -0.05) is 36.4 Å². The number of nitrogens with one attached hydrogen (secondary N) is 3. The molecule has 3 N–H and O–H groups in total. The van der Waals surface area contributed by atoms with E-state index in [-0.39, 0.29) is 16.4 Å². The molecule has 1 saturated heterocycles. The number of nitrogens with zero attached hydrogens (tertiary/aromatic N) is 1. The number of halogens is 1. The Morgan fingerprint density at radius 3 is 2.77 bits per heavy atom. The van der Waals surface area contributed by atoms with Gasteiger partial charge in [0, 0.05) is 11.8 Å². The fraction of sp³-hybridized carbons (Fsp3) is 0.200. The van der Waals surface area contributed by atoms with Crippen LogP contribution in [0.2, 0.25) is 5.02 Å². The molecule has 9 nitrogen and oxygen atoms in total.